The highest BCUT2D eigenvalue weighted by molar-refractivity contribution is 5.84. The Morgan fingerprint density at radius 3 is 2.50 bits per heavy atom. The van der Waals surface area contributed by atoms with Gasteiger partial charge in [-0.3, -0.25) is 10.1 Å². The topological polar surface area (TPSA) is 32.3 Å². The maximum absolute atomic E-state index is 12.4. The summed E-state index contributed by atoms with van der Waals surface area (Å²) in [4.78, 5) is 14.6. The molecule has 18 heavy (non-hydrogen) atoms. The first kappa shape index (κ1) is 13.9. The molecule has 0 radical (unpaired) electrons. The van der Waals surface area contributed by atoms with Gasteiger partial charge in [0.05, 0.1) is 12.2 Å². The van der Waals surface area contributed by atoms with Gasteiger partial charge in [-0.25, -0.2) is 0 Å². The maximum Gasteiger partial charge on any atom is 0.241 e. The van der Waals surface area contributed by atoms with Gasteiger partial charge in [-0.05, 0) is 37.5 Å². The van der Waals surface area contributed by atoms with Gasteiger partial charge in [0.2, 0.25) is 5.91 Å². The van der Waals surface area contributed by atoms with Crippen LogP contribution in [0.2, 0.25) is 0 Å². The number of rotatable bonds is 7. The van der Waals surface area contributed by atoms with Crippen molar-refractivity contribution in [1.82, 2.24) is 10.2 Å². The summed E-state index contributed by atoms with van der Waals surface area (Å²) < 4.78 is 0. The van der Waals surface area contributed by atoms with Crippen molar-refractivity contribution < 1.29 is 4.79 Å². The molecule has 0 bridgehead atoms. The first-order valence-electron chi connectivity index (χ1n) is 7.73. The molecule has 0 aromatic rings. The van der Waals surface area contributed by atoms with Crippen LogP contribution in [0.25, 0.3) is 0 Å². The highest BCUT2D eigenvalue weighted by Gasteiger charge is 2.40. The average molecular weight is 252 g/mol. The van der Waals surface area contributed by atoms with Crippen molar-refractivity contribution in [3.8, 4) is 0 Å². The van der Waals surface area contributed by atoms with E-state index in [1.165, 1.54) is 12.8 Å². The summed E-state index contributed by atoms with van der Waals surface area (Å²) in [6.45, 7) is 7.61. The van der Waals surface area contributed by atoms with E-state index < -0.39 is 0 Å². The van der Waals surface area contributed by atoms with Crippen molar-refractivity contribution in [2.75, 3.05) is 6.54 Å². The smallest absolute Gasteiger partial charge is 0.241 e. The highest BCUT2D eigenvalue weighted by Crippen LogP contribution is 2.37. The van der Waals surface area contributed by atoms with Gasteiger partial charge in [0.25, 0.3) is 0 Å². The normalized spacial score (nSPS) is 29.9. The van der Waals surface area contributed by atoms with Crippen LogP contribution in [0.5, 0.6) is 0 Å². The summed E-state index contributed by atoms with van der Waals surface area (Å²) in [5.41, 5.74) is 0. The molecule has 1 aliphatic heterocycles. The Morgan fingerprint density at radius 1 is 1.28 bits per heavy atom. The van der Waals surface area contributed by atoms with Crippen LogP contribution in [0.4, 0.5) is 0 Å². The Hall–Kier alpha value is -0.570. The standard InChI is InChI=1S/C15H28N2O/c1-4-6-13-15(18)17(14(16-13)7-5-2)10-11(3)12-8-9-12/h11-14,16H,4-10H2,1-3H3. The van der Waals surface area contributed by atoms with Crippen molar-refractivity contribution in [3.05, 3.63) is 0 Å². The summed E-state index contributed by atoms with van der Waals surface area (Å²) in [5, 5.41) is 3.53. The minimum Gasteiger partial charge on any atom is -0.326 e. The lowest BCUT2D eigenvalue weighted by Crippen LogP contribution is -2.40. The van der Waals surface area contributed by atoms with Crippen LogP contribution in [-0.4, -0.2) is 29.6 Å². The van der Waals surface area contributed by atoms with E-state index >= 15 is 0 Å². The van der Waals surface area contributed by atoms with Gasteiger partial charge >= 0.3 is 0 Å². The lowest BCUT2D eigenvalue weighted by Gasteiger charge is -2.27. The van der Waals surface area contributed by atoms with Crippen LogP contribution in [0, 0.1) is 11.8 Å². The largest absolute Gasteiger partial charge is 0.326 e. The summed E-state index contributed by atoms with van der Waals surface area (Å²) in [7, 11) is 0. The SMILES string of the molecule is CCCC1NC(CCC)N(CC(C)C2CC2)C1=O. The van der Waals surface area contributed by atoms with Crippen LogP contribution in [-0.2, 0) is 4.79 Å². The fourth-order valence-electron chi connectivity index (χ4n) is 3.10. The first-order chi connectivity index (χ1) is 8.67. The summed E-state index contributed by atoms with van der Waals surface area (Å²) >= 11 is 0. The van der Waals surface area contributed by atoms with Crippen LogP contribution in [0.1, 0.15) is 59.3 Å². The Kier molecular flexibility index (Phi) is 4.66. The van der Waals surface area contributed by atoms with Crippen LogP contribution < -0.4 is 5.32 Å². The number of carbonyl (C=O) groups excluding carboxylic acids is 1. The molecular weight excluding hydrogens is 224 g/mol. The highest BCUT2D eigenvalue weighted by atomic mass is 16.2. The third-order valence-electron chi connectivity index (χ3n) is 4.40. The number of nitrogens with one attached hydrogen (secondary N) is 1. The maximum atomic E-state index is 12.4. The Morgan fingerprint density at radius 2 is 1.94 bits per heavy atom. The molecule has 3 atom stereocenters. The number of nitrogens with zero attached hydrogens (tertiary/aromatic N) is 1. The fraction of sp³-hybridized carbons (Fsp3) is 0.933. The lowest BCUT2D eigenvalue weighted by atomic mass is 10.1. The molecule has 0 spiro atoms. The van der Waals surface area contributed by atoms with E-state index in [-0.39, 0.29) is 6.04 Å². The Bertz CT molecular complexity index is 288. The zero-order chi connectivity index (χ0) is 13.1. The second-order valence-electron chi connectivity index (χ2n) is 6.12. The second-order valence-corrected chi connectivity index (χ2v) is 6.12. The van der Waals surface area contributed by atoms with Crippen LogP contribution in [0.15, 0.2) is 0 Å². The molecule has 2 rings (SSSR count). The fourth-order valence-corrected chi connectivity index (χ4v) is 3.10. The van der Waals surface area contributed by atoms with E-state index in [1.54, 1.807) is 0 Å². The van der Waals surface area contributed by atoms with Crippen LogP contribution >= 0.6 is 0 Å². The monoisotopic (exact) mass is 252 g/mol. The summed E-state index contributed by atoms with van der Waals surface area (Å²) in [5.74, 6) is 1.91. The molecule has 2 fully saturated rings. The predicted octanol–water partition coefficient (Wildman–Crippen LogP) is 2.76. The number of hydrogen-bond donors (Lipinski definition) is 1. The minimum atomic E-state index is 0.0814. The Balaban J connectivity index is 1.96. The Labute approximate surface area is 111 Å². The minimum absolute atomic E-state index is 0.0814. The summed E-state index contributed by atoms with van der Waals surface area (Å²) in [6.07, 6.45) is 7.31. The van der Waals surface area contributed by atoms with E-state index in [4.69, 9.17) is 0 Å². The molecule has 0 aromatic carbocycles. The molecule has 1 aliphatic carbocycles. The van der Waals surface area contributed by atoms with E-state index in [9.17, 15) is 4.79 Å². The molecule has 2 aliphatic rings. The molecule has 3 unspecified atom stereocenters. The lowest BCUT2D eigenvalue weighted by molar-refractivity contribution is -0.130. The van der Waals surface area contributed by atoms with Crippen molar-refractivity contribution in [1.29, 1.82) is 0 Å². The van der Waals surface area contributed by atoms with E-state index in [0.717, 1.165) is 38.1 Å². The molecular formula is C15H28N2O. The van der Waals surface area contributed by atoms with E-state index in [1.807, 2.05) is 0 Å². The molecule has 1 saturated heterocycles. The quantitative estimate of drug-likeness (QED) is 0.755. The molecule has 3 heteroatoms. The third kappa shape index (κ3) is 3.05. The van der Waals surface area contributed by atoms with Gasteiger partial charge < -0.3 is 4.90 Å². The van der Waals surface area contributed by atoms with Crippen molar-refractivity contribution in [2.24, 2.45) is 11.8 Å². The van der Waals surface area contributed by atoms with Crippen LogP contribution in [0.3, 0.4) is 0 Å². The van der Waals surface area contributed by atoms with Crippen molar-refractivity contribution in [2.45, 2.75) is 71.5 Å². The first-order valence-corrected chi connectivity index (χ1v) is 7.73. The predicted molar refractivity (Wildman–Crippen MR) is 74.1 cm³/mol. The zero-order valence-electron chi connectivity index (χ0n) is 12.1. The van der Waals surface area contributed by atoms with Crippen molar-refractivity contribution >= 4 is 5.91 Å². The second kappa shape index (κ2) is 6.05. The van der Waals surface area contributed by atoms with E-state index in [2.05, 4.69) is 31.0 Å². The van der Waals surface area contributed by atoms with Gasteiger partial charge in [0.15, 0.2) is 0 Å². The molecule has 1 N–H and O–H groups in total. The van der Waals surface area contributed by atoms with Gasteiger partial charge in [-0.15, -0.1) is 0 Å². The van der Waals surface area contributed by atoms with Gasteiger partial charge in [-0.2, -0.15) is 0 Å². The van der Waals surface area contributed by atoms with Crippen molar-refractivity contribution in [3.63, 3.8) is 0 Å². The molecule has 1 amide bonds. The van der Waals surface area contributed by atoms with Gasteiger partial charge in [-0.1, -0.05) is 33.6 Å². The third-order valence-corrected chi connectivity index (χ3v) is 4.40. The molecule has 3 nitrogen and oxygen atoms in total. The number of amides is 1. The van der Waals surface area contributed by atoms with Gasteiger partial charge in [0, 0.05) is 6.54 Å². The average Bonchev–Trinajstić information content (AvgIpc) is 3.14. The zero-order valence-corrected chi connectivity index (χ0v) is 12.1. The molecule has 0 aromatic heterocycles. The number of hydrogen-bond acceptors (Lipinski definition) is 2. The summed E-state index contributed by atoms with van der Waals surface area (Å²) in [6, 6.07) is 0.0814. The molecule has 1 heterocycles. The van der Waals surface area contributed by atoms with E-state index in [0.29, 0.717) is 18.0 Å². The number of carbonyl (C=O) groups is 1. The molecule has 104 valence electrons. The molecule has 1 saturated carbocycles. The van der Waals surface area contributed by atoms with Gasteiger partial charge in [0.1, 0.15) is 0 Å².